The molecule has 0 atom stereocenters. The first-order valence-corrected chi connectivity index (χ1v) is 3.22. The van der Waals surface area contributed by atoms with Crippen LogP contribution in [0.2, 0.25) is 0 Å². The van der Waals surface area contributed by atoms with E-state index in [0.717, 1.165) is 0 Å². The molecule has 0 aromatic heterocycles. The van der Waals surface area contributed by atoms with E-state index in [1.54, 1.807) is 14.0 Å². The second-order valence-electron chi connectivity index (χ2n) is 1.71. The molecular weight excluding hydrogens is 134 g/mol. The second-order valence-corrected chi connectivity index (χ2v) is 1.71. The first-order chi connectivity index (χ1) is 4.81. The highest BCUT2D eigenvalue weighted by atomic mass is 16.7. The first kappa shape index (κ1) is 9.39. The number of hydroxylamine groups is 1. The van der Waals surface area contributed by atoms with Crippen LogP contribution in [0.15, 0.2) is 0 Å². The van der Waals surface area contributed by atoms with Crippen molar-refractivity contribution in [2.24, 2.45) is 0 Å². The van der Waals surface area contributed by atoms with Crippen molar-refractivity contribution in [3.05, 3.63) is 0 Å². The van der Waals surface area contributed by atoms with Crippen molar-refractivity contribution in [3.63, 3.8) is 0 Å². The van der Waals surface area contributed by atoms with Crippen LogP contribution in [0.25, 0.3) is 0 Å². The van der Waals surface area contributed by atoms with Gasteiger partial charge in [-0.05, 0) is 0 Å². The van der Waals surface area contributed by atoms with Crippen LogP contribution in [-0.4, -0.2) is 26.2 Å². The van der Waals surface area contributed by atoms with Crippen LogP contribution in [0, 0.1) is 0 Å². The van der Waals surface area contributed by atoms with E-state index < -0.39 is 0 Å². The molecule has 0 unspecified atom stereocenters. The van der Waals surface area contributed by atoms with Gasteiger partial charge in [0.2, 0.25) is 0 Å². The van der Waals surface area contributed by atoms with Gasteiger partial charge in [0.1, 0.15) is 0 Å². The summed E-state index contributed by atoms with van der Waals surface area (Å²) in [6.45, 7) is 2.81. The smallest absolute Gasteiger partial charge is 0.324 e. The fourth-order valence-electron chi connectivity index (χ4n) is 0.347. The number of carbonyl (C=O) groups is 1. The number of rotatable bonds is 5. The number of hydrogen-bond donors (Lipinski definition) is 1. The molecule has 0 bridgehead atoms. The van der Waals surface area contributed by atoms with Gasteiger partial charge in [0.25, 0.3) is 0 Å². The minimum absolute atomic E-state index is 0.254. The van der Waals surface area contributed by atoms with Crippen molar-refractivity contribution in [3.8, 4) is 0 Å². The zero-order valence-electron chi connectivity index (χ0n) is 6.35. The van der Waals surface area contributed by atoms with Crippen LogP contribution in [0.5, 0.6) is 0 Å². The Bertz CT molecular complexity index is 95.0. The van der Waals surface area contributed by atoms with Crippen LogP contribution in [0.3, 0.4) is 0 Å². The molecule has 10 heavy (non-hydrogen) atoms. The summed E-state index contributed by atoms with van der Waals surface area (Å²) in [7, 11) is 1.59. The molecule has 1 N–H and O–H groups in total. The Hall–Kier alpha value is -0.610. The molecule has 0 aromatic carbocycles. The monoisotopic (exact) mass is 147 g/mol. The van der Waals surface area contributed by atoms with E-state index in [2.05, 4.69) is 10.3 Å². The van der Waals surface area contributed by atoms with Gasteiger partial charge < -0.3 is 9.57 Å². The summed E-state index contributed by atoms with van der Waals surface area (Å²) in [5.74, 6) is -0.254. The molecule has 60 valence electrons. The topological polar surface area (TPSA) is 47.6 Å². The Balaban J connectivity index is 2.96. The van der Waals surface area contributed by atoms with Crippen LogP contribution in [0.1, 0.15) is 13.3 Å². The molecule has 0 saturated heterocycles. The van der Waals surface area contributed by atoms with Crippen molar-refractivity contribution in [2.45, 2.75) is 13.3 Å². The van der Waals surface area contributed by atoms with Gasteiger partial charge in [-0.2, -0.15) is 5.48 Å². The SMILES string of the molecule is CCC(=O)ONCCOC. The van der Waals surface area contributed by atoms with Gasteiger partial charge in [-0.25, -0.2) is 0 Å². The average molecular weight is 147 g/mol. The highest BCUT2D eigenvalue weighted by Crippen LogP contribution is 1.78. The Labute approximate surface area is 60.5 Å². The maximum atomic E-state index is 10.4. The summed E-state index contributed by atoms with van der Waals surface area (Å²) in [5, 5.41) is 0. The largest absolute Gasteiger partial charge is 0.383 e. The number of hydrogen-bond acceptors (Lipinski definition) is 4. The van der Waals surface area contributed by atoms with Crippen molar-refractivity contribution >= 4 is 5.97 Å². The summed E-state index contributed by atoms with van der Waals surface area (Å²) < 4.78 is 4.70. The van der Waals surface area contributed by atoms with Crippen molar-refractivity contribution in [2.75, 3.05) is 20.3 Å². The fourth-order valence-corrected chi connectivity index (χ4v) is 0.347. The maximum absolute atomic E-state index is 10.4. The van der Waals surface area contributed by atoms with Gasteiger partial charge in [0, 0.05) is 13.5 Å². The molecule has 0 spiro atoms. The molecule has 0 saturated carbocycles. The third-order valence-electron chi connectivity index (χ3n) is 0.883. The molecule has 0 amide bonds. The molecule has 0 aromatic rings. The zero-order chi connectivity index (χ0) is 7.82. The van der Waals surface area contributed by atoms with Crippen molar-refractivity contribution < 1.29 is 14.4 Å². The van der Waals surface area contributed by atoms with Gasteiger partial charge in [-0.15, -0.1) is 0 Å². The second kappa shape index (κ2) is 6.51. The number of ether oxygens (including phenoxy) is 1. The minimum atomic E-state index is -0.254. The van der Waals surface area contributed by atoms with Crippen molar-refractivity contribution in [1.82, 2.24) is 5.48 Å². The lowest BCUT2D eigenvalue weighted by Gasteiger charge is -2.02. The van der Waals surface area contributed by atoms with E-state index in [1.807, 2.05) is 0 Å². The number of methoxy groups -OCH3 is 1. The van der Waals surface area contributed by atoms with E-state index in [1.165, 1.54) is 0 Å². The molecule has 4 nitrogen and oxygen atoms in total. The van der Waals surface area contributed by atoms with Crippen LogP contribution >= 0.6 is 0 Å². The van der Waals surface area contributed by atoms with Crippen LogP contribution < -0.4 is 5.48 Å². The lowest BCUT2D eigenvalue weighted by Crippen LogP contribution is -2.22. The first-order valence-electron chi connectivity index (χ1n) is 3.22. The predicted octanol–water partition coefficient (Wildman–Crippen LogP) is 0.0906. The summed E-state index contributed by atoms with van der Waals surface area (Å²) in [5.41, 5.74) is 2.46. The molecule has 0 radical (unpaired) electrons. The van der Waals surface area contributed by atoms with E-state index in [4.69, 9.17) is 4.74 Å². The standard InChI is InChI=1S/C6H13NO3/c1-3-6(8)10-7-4-5-9-2/h7H,3-5H2,1-2H3. The fraction of sp³-hybridized carbons (Fsp3) is 0.833. The third kappa shape index (κ3) is 5.53. The van der Waals surface area contributed by atoms with E-state index >= 15 is 0 Å². The van der Waals surface area contributed by atoms with Gasteiger partial charge in [-0.3, -0.25) is 4.79 Å². The molecule has 4 heteroatoms. The average Bonchev–Trinajstić information content (AvgIpc) is 1.98. The molecule has 0 aliphatic rings. The maximum Gasteiger partial charge on any atom is 0.324 e. The Morgan fingerprint density at radius 3 is 2.80 bits per heavy atom. The van der Waals surface area contributed by atoms with Crippen LogP contribution in [-0.2, 0) is 14.4 Å². The number of carbonyl (C=O) groups excluding carboxylic acids is 1. The van der Waals surface area contributed by atoms with Gasteiger partial charge in [0.05, 0.1) is 13.2 Å². The van der Waals surface area contributed by atoms with Gasteiger partial charge in [0.15, 0.2) is 0 Å². The van der Waals surface area contributed by atoms with E-state index in [9.17, 15) is 4.79 Å². The van der Waals surface area contributed by atoms with Crippen molar-refractivity contribution in [1.29, 1.82) is 0 Å². The quantitative estimate of drug-likeness (QED) is 0.442. The minimum Gasteiger partial charge on any atom is -0.383 e. The molecule has 0 aliphatic heterocycles. The summed E-state index contributed by atoms with van der Waals surface area (Å²) in [4.78, 5) is 15.0. The lowest BCUT2D eigenvalue weighted by atomic mass is 10.5. The molecule has 0 fully saturated rings. The highest BCUT2D eigenvalue weighted by Gasteiger charge is 1.95. The summed E-state index contributed by atoms with van der Waals surface area (Å²) in [6, 6.07) is 0. The van der Waals surface area contributed by atoms with Gasteiger partial charge >= 0.3 is 5.97 Å². The molecule has 0 rings (SSSR count). The third-order valence-corrected chi connectivity index (χ3v) is 0.883. The lowest BCUT2D eigenvalue weighted by molar-refractivity contribution is -0.151. The molecule has 0 aliphatic carbocycles. The molecular formula is C6H13NO3. The Morgan fingerprint density at radius 1 is 1.60 bits per heavy atom. The normalized spacial score (nSPS) is 9.40. The molecule has 0 heterocycles. The van der Waals surface area contributed by atoms with E-state index in [-0.39, 0.29) is 5.97 Å². The highest BCUT2D eigenvalue weighted by molar-refractivity contribution is 5.68. The Morgan fingerprint density at radius 2 is 2.30 bits per heavy atom. The Kier molecular flexibility index (Phi) is 6.11. The number of nitrogens with one attached hydrogen (secondary N) is 1. The zero-order valence-corrected chi connectivity index (χ0v) is 6.35. The predicted molar refractivity (Wildman–Crippen MR) is 36.3 cm³/mol. The van der Waals surface area contributed by atoms with Crippen LogP contribution in [0.4, 0.5) is 0 Å². The van der Waals surface area contributed by atoms with Gasteiger partial charge in [-0.1, -0.05) is 6.92 Å². The summed E-state index contributed by atoms with van der Waals surface area (Å²) in [6.07, 6.45) is 0.389. The summed E-state index contributed by atoms with van der Waals surface area (Å²) >= 11 is 0. The van der Waals surface area contributed by atoms with E-state index in [0.29, 0.717) is 19.6 Å².